The Morgan fingerprint density at radius 2 is 2.17 bits per heavy atom. The molecule has 5 nitrogen and oxygen atoms in total. The number of benzene rings is 1. The molecule has 1 aliphatic carbocycles. The average molecular weight is 318 g/mol. The molecule has 1 aromatic rings. The van der Waals surface area contributed by atoms with E-state index < -0.39 is 0 Å². The molecule has 0 bridgehead atoms. The molecule has 2 amide bonds. The molecule has 2 aliphatic rings. The van der Waals surface area contributed by atoms with Crippen LogP contribution in [-0.2, 0) is 0 Å². The maximum atomic E-state index is 12.6. The second-order valence-corrected chi connectivity index (χ2v) is 6.65. The third-order valence-corrected chi connectivity index (χ3v) is 5.18. The van der Waals surface area contributed by atoms with Crippen LogP contribution >= 0.6 is 0 Å². The van der Waals surface area contributed by atoms with Gasteiger partial charge in [0.1, 0.15) is 5.75 Å². The van der Waals surface area contributed by atoms with Crippen LogP contribution in [0, 0.1) is 5.41 Å². The molecule has 5 heteroatoms. The van der Waals surface area contributed by atoms with E-state index in [-0.39, 0.29) is 17.6 Å². The van der Waals surface area contributed by atoms with Crippen LogP contribution in [-0.4, -0.2) is 41.8 Å². The molecule has 0 radical (unpaired) electrons. The molecule has 1 aliphatic heterocycles. The highest BCUT2D eigenvalue weighted by Gasteiger charge is 2.45. The number of aliphatic hydroxyl groups is 1. The van der Waals surface area contributed by atoms with Gasteiger partial charge in [-0.3, -0.25) is 0 Å². The molecular formula is C18H26N2O3. The van der Waals surface area contributed by atoms with Crippen LogP contribution < -0.4 is 10.1 Å². The Labute approximate surface area is 137 Å². The zero-order valence-corrected chi connectivity index (χ0v) is 13.8. The maximum absolute atomic E-state index is 12.6. The number of hydrogen-bond donors (Lipinski definition) is 2. The number of hydrogen-bond acceptors (Lipinski definition) is 3. The lowest BCUT2D eigenvalue weighted by Gasteiger charge is -2.42. The minimum atomic E-state index is -0.270. The molecule has 1 spiro atoms. The van der Waals surface area contributed by atoms with Crippen molar-refractivity contribution in [2.45, 2.75) is 45.1 Å². The lowest BCUT2D eigenvalue weighted by Crippen LogP contribution is -2.50. The van der Waals surface area contributed by atoms with Gasteiger partial charge in [-0.05, 0) is 44.7 Å². The van der Waals surface area contributed by atoms with Crippen molar-refractivity contribution < 1.29 is 14.6 Å². The van der Waals surface area contributed by atoms with E-state index in [0.29, 0.717) is 24.6 Å². The molecule has 0 aromatic heterocycles. The first-order chi connectivity index (χ1) is 11.1. The Morgan fingerprint density at radius 3 is 2.91 bits per heavy atom. The van der Waals surface area contributed by atoms with Gasteiger partial charge < -0.3 is 20.1 Å². The van der Waals surface area contributed by atoms with Crippen LogP contribution in [0.3, 0.4) is 0 Å². The van der Waals surface area contributed by atoms with Gasteiger partial charge in [-0.15, -0.1) is 0 Å². The molecule has 2 atom stereocenters. The zero-order valence-electron chi connectivity index (χ0n) is 13.8. The van der Waals surface area contributed by atoms with Crippen molar-refractivity contribution in [1.82, 2.24) is 4.90 Å². The molecule has 1 aromatic carbocycles. The highest BCUT2D eigenvalue weighted by Crippen LogP contribution is 2.45. The number of nitrogens with one attached hydrogen (secondary N) is 1. The molecule has 1 saturated heterocycles. The summed E-state index contributed by atoms with van der Waals surface area (Å²) < 4.78 is 5.56. The summed E-state index contributed by atoms with van der Waals surface area (Å²) in [4.78, 5) is 14.5. The second-order valence-electron chi connectivity index (χ2n) is 6.65. The van der Waals surface area contributed by atoms with Crippen LogP contribution in [0.1, 0.15) is 39.0 Å². The third-order valence-electron chi connectivity index (χ3n) is 5.18. The largest absolute Gasteiger partial charge is 0.492 e. The van der Waals surface area contributed by atoms with E-state index in [9.17, 15) is 9.90 Å². The van der Waals surface area contributed by atoms with E-state index >= 15 is 0 Å². The minimum Gasteiger partial charge on any atom is -0.492 e. The molecule has 23 heavy (non-hydrogen) atoms. The van der Waals surface area contributed by atoms with E-state index in [1.807, 2.05) is 36.1 Å². The zero-order chi connectivity index (χ0) is 16.3. The van der Waals surface area contributed by atoms with Gasteiger partial charge in [0.2, 0.25) is 0 Å². The van der Waals surface area contributed by atoms with Crippen molar-refractivity contribution >= 4 is 11.7 Å². The fraction of sp³-hybridized carbons (Fsp3) is 0.611. The summed E-state index contributed by atoms with van der Waals surface area (Å²) in [5, 5.41) is 13.3. The molecule has 1 saturated carbocycles. The van der Waals surface area contributed by atoms with Crippen LogP contribution in [0.15, 0.2) is 24.3 Å². The van der Waals surface area contributed by atoms with Gasteiger partial charge in [0.25, 0.3) is 0 Å². The smallest absolute Gasteiger partial charge is 0.321 e. The van der Waals surface area contributed by atoms with E-state index in [1.165, 1.54) is 0 Å². The fourth-order valence-corrected chi connectivity index (χ4v) is 3.98. The summed E-state index contributed by atoms with van der Waals surface area (Å²) in [6, 6.07) is 7.39. The first kappa shape index (κ1) is 16.1. The highest BCUT2D eigenvalue weighted by atomic mass is 16.5. The first-order valence-corrected chi connectivity index (χ1v) is 8.60. The number of amides is 2. The number of ether oxygens (including phenoxy) is 1. The van der Waals surface area contributed by atoms with Gasteiger partial charge in [0, 0.05) is 18.5 Å². The summed E-state index contributed by atoms with van der Waals surface area (Å²) in [7, 11) is 0. The molecule has 1 heterocycles. The van der Waals surface area contributed by atoms with Crippen molar-refractivity contribution in [3.63, 3.8) is 0 Å². The van der Waals surface area contributed by atoms with Crippen molar-refractivity contribution in [3.05, 3.63) is 24.3 Å². The summed E-state index contributed by atoms with van der Waals surface area (Å²) in [6.45, 7) is 3.88. The fourth-order valence-electron chi connectivity index (χ4n) is 3.98. The van der Waals surface area contributed by atoms with E-state index in [2.05, 4.69) is 5.32 Å². The number of nitrogens with zero attached hydrogens (tertiary/aromatic N) is 1. The van der Waals surface area contributed by atoms with E-state index in [0.717, 1.165) is 38.6 Å². The lowest BCUT2D eigenvalue weighted by atomic mass is 9.77. The topological polar surface area (TPSA) is 61.8 Å². The van der Waals surface area contributed by atoms with Gasteiger partial charge in [0.05, 0.1) is 18.4 Å². The third kappa shape index (κ3) is 3.29. The van der Waals surface area contributed by atoms with Gasteiger partial charge in [-0.2, -0.15) is 0 Å². The highest BCUT2D eigenvalue weighted by molar-refractivity contribution is 5.91. The summed E-state index contributed by atoms with van der Waals surface area (Å²) in [6.07, 6.45) is 4.65. The van der Waals surface area contributed by atoms with Crippen molar-refractivity contribution in [2.75, 3.05) is 25.0 Å². The normalized spacial score (nSPS) is 27.2. The number of rotatable bonds is 3. The summed E-state index contributed by atoms with van der Waals surface area (Å²) >= 11 is 0. The molecule has 2 N–H and O–H groups in total. The summed E-state index contributed by atoms with van der Waals surface area (Å²) in [5.74, 6) is 0.691. The first-order valence-electron chi connectivity index (χ1n) is 8.60. The number of anilines is 1. The number of piperidine rings is 1. The van der Waals surface area contributed by atoms with Crippen LogP contribution in [0.25, 0.3) is 0 Å². The molecule has 3 rings (SSSR count). The Bertz CT molecular complexity index is 563. The van der Waals surface area contributed by atoms with Crippen LogP contribution in [0.2, 0.25) is 0 Å². The Hall–Kier alpha value is -1.75. The predicted octanol–water partition coefficient (Wildman–Crippen LogP) is 3.24. The molecular weight excluding hydrogens is 292 g/mol. The van der Waals surface area contributed by atoms with Gasteiger partial charge >= 0.3 is 6.03 Å². The average Bonchev–Trinajstić information content (AvgIpc) is 2.90. The van der Waals surface area contributed by atoms with E-state index in [4.69, 9.17) is 4.74 Å². The molecule has 2 fully saturated rings. The number of likely N-dealkylation sites (tertiary alicyclic amines) is 1. The predicted molar refractivity (Wildman–Crippen MR) is 89.7 cm³/mol. The second kappa shape index (κ2) is 6.79. The number of carbonyl (C=O) groups excluding carboxylic acids is 1. The van der Waals surface area contributed by atoms with Crippen molar-refractivity contribution in [2.24, 2.45) is 5.41 Å². The SMILES string of the molecule is CCOc1ccccc1NC(=O)N1CCC[C@]2(CCC[C@H]2O)C1. The van der Waals surface area contributed by atoms with E-state index in [1.54, 1.807) is 0 Å². The standard InChI is InChI=1S/C18H26N2O3/c1-2-23-15-8-4-3-7-14(15)19-17(22)20-12-6-11-18(13-20)10-5-9-16(18)21/h3-4,7-8,16,21H,2,5-6,9-13H2,1H3,(H,19,22)/t16-,18-/m1/s1. The van der Waals surface area contributed by atoms with Gasteiger partial charge in [-0.1, -0.05) is 18.6 Å². The number of urea groups is 1. The Balaban J connectivity index is 1.69. The monoisotopic (exact) mass is 318 g/mol. The lowest BCUT2D eigenvalue weighted by molar-refractivity contribution is 0.00400. The Kier molecular flexibility index (Phi) is 4.76. The van der Waals surface area contributed by atoms with Gasteiger partial charge in [-0.25, -0.2) is 4.79 Å². The quantitative estimate of drug-likeness (QED) is 0.899. The van der Waals surface area contributed by atoms with Crippen LogP contribution in [0.4, 0.5) is 10.5 Å². The molecule has 126 valence electrons. The summed E-state index contributed by atoms with van der Waals surface area (Å²) in [5.41, 5.74) is 0.612. The Morgan fingerprint density at radius 1 is 1.39 bits per heavy atom. The van der Waals surface area contributed by atoms with Gasteiger partial charge in [0.15, 0.2) is 0 Å². The van der Waals surface area contributed by atoms with Crippen molar-refractivity contribution in [3.8, 4) is 5.75 Å². The van der Waals surface area contributed by atoms with Crippen molar-refractivity contribution in [1.29, 1.82) is 0 Å². The number of aliphatic hydroxyl groups excluding tert-OH is 1. The van der Waals surface area contributed by atoms with Crippen LogP contribution in [0.5, 0.6) is 5.75 Å². The number of carbonyl (C=O) groups is 1. The number of para-hydroxylation sites is 2. The minimum absolute atomic E-state index is 0.0883. The molecule has 0 unspecified atom stereocenters. The maximum Gasteiger partial charge on any atom is 0.321 e.